The second-order valence-electron chi connectivity index (χ2n) is 5.83. The molecule has 1 heterocycles. The van der Waals surface area contributed by atoms with Crippen LogP contribution >= 0.6 is 39.9 Å². The molecule has 0 saturated carbocycles. The molecule has 3 N–H and O–H groups in total. The molecule has 1 fully saturated rings. The van der Waals surface area contributed by atoms with Crippen LogP contribution in [-0.2, 0) is 11.3 Å². The fourth-order valence-corrected chi connectivity index (χ4v) is 3.22. The number of rotatable bonds is 6. The van der Waals surface area contributed by atoms with Crippen molar-refractivity contribution in [3.05, 3.63) is 34.1 Å². The number of aliphatic hydroxyl groups excluding tert-OH is 1. The van der Waals surface area contributed by atoms with Crippen LogP contribution < -0.4 is 10.6 Å². The Kier molecular flexibility index (Phi) is 9.47. The van der Waals surface area contributed by atoms with E-state index in [1.807, 2.05) is 6.07 Å². The Morgan fingerprint density at radius 1 is 1.42 bits per heavy atom. The Balaban J connectivity index is 0.00000288. The number of hydrogen-bond acceptors (Lipinski definition) is 3. The molecule has 0 radical (unpaired) electrons. The first-order chi connectivity index (χ1) is 11.1. The van der Waals surface area contributed by atoms with E-state index in [0.29, 0.717) is 36.5 Å². The standard InChI is InChI=1S/C16H23BrFN3O2.HI/c1-19-15(20-9-12-6-13(17)8-14(18)7-12)21-10-16(2-4-22)3-5-23-11-16;/h6-8,22H,2-5,9-11H2,1H3,(H2,19,20,21);1H. The van der Waals surface area contributed by atoms with Crippen LogP contribution in [0.4, 0.5) is 4.39 Å². The number of hydrogen-bond donors (Lipinski definition) is 3. The highest BCUT2D eigenvalue weighted by Gasteiger charge is 2.34. The van der Waals surface area contributed by atoms with Crippen molar-refractivity contribution in [2.24, 2.45) is 10.4 Å². The molecule has 0 amide bonds. The number of nitrogens with one attached hydrogen (secondary N) is 2. The fraction of sp³-hybridized carbons (Fsp3) is 0.562. The molecular weight excluding hydrogens is 492 g/mol. The summed E-state index contributed by atoms with van der Waals surface area (Å²) in [5, 5.41) is 15.7. The van der Waals surface area contributed by atoms with Crippen molar-refractivity contribution in [1.29, 1.82) is 0 Å². The van der Waals surface area contributed by atoms with E-state index in [4.69, 9.17) is 4.74 Å². The summed E-state index contributed by atoms with van der Waals surface area (Å²) in [4.78, 5) is 4.19. The third-order valence-electron chi connectivity index (χ3n) is 4.06. The van der Waals surface area contributed by atoms with Crippen LogP contribution in [0.5, 0.6) is 0 Å². The van der Waals surface area contributed by atoms with E-state index >= 15 is 0 Å². The van der Waals surface area contributed by atoms with Gasteiger partial charge in [0, 0.05) is 43.2 Å². The van der Waals surface area contributed by atoms with Gasteiger partial charge in [0.25, 0.3) is 0 Å². The highest BCUT2D eigenvalue weighted by atomic mass is 127. The zero-order chi connectivity index (χ0) is 16.7. The molecule has 1 aromatic carbocycles. The SMILES string of the molecule is CN=C(NCc1cc(F)cc(Br)c1)NCC1(CCO)CCOC1.I. The summed E-state index contributed by atoms with van der Waals surface area (Å²) in [6.07, 6.45) is 1.63. The van der Waals surface area contributed by atoms with Crippen LogP contribution in [0.25, 0.3) is 0 Å². The Labute approximate surface area is 167 Å². The van der Waals surface area contributed by atoms with Gasteiger partial charge in [-0.3, -0.25) is 4.99 Å². The summed E-state index contributed by atoms with van der Waals surface area (Å²) in [5.41, 5.74) is 0.780. The average Bonchev–Trinajstić information content (AvgIpc) is 2.96. The molecule has 1 aliphatic rings. The van der Waals surface area contributed by atoms with E-state index < -0.39 is 0 Å². The summed E-state index contributed by atoms with van der Waals surface area (Å²) in [6, 6.07) is 4.78. The number of guanidine groups is 1. The van der Waals surface area contributed by atoms with Crippen LogP contribution in [0.1, 0.15) is 18.4 Å². The van der Waals surface area contributed by atoms with Gasteiger partial charge in [0.2, 0.25) is 0 Å². The summed E-state index contributed by atoms with van der Waals surface area (Å²) < 4.78 is 19.6. The molecule has 0 bridgehead atoms. The lowest BCUT2D eigenvalue weighted by Gasteiger charge is -2.27. The van der Waals surface area contributed by atoms with E-state index in [1.165, 1.54) is 12.1 Å². The zero-order valence-electron chi connectivity index (χ0n) is 13.6. The minimum atomic E-state index is -0.274. The molecule has 1 unspecified atom stereocenters. The maximum Gasteiger partial charge on any atom is 0.191 e. The summed E-state index contributed by atoms with van der Waals surface area (Å²) in [7, 11) is 1.70. The molecule has 1 atom stereocenters. The number of nitrogens with zero attached hydrogens (tertiary/aromatic N) is 1. The number of benzene rings is 1. The first-order valence-corrected chi connectivity index (χ1v) is 8.44. The van der Waals surface area contributed by atoms with E-state index in [9.17, 15) is 9.50 Å². The normalized spacial score (nSPS) is 20.6. The summed E-state index contributed by atoms with van der Waals surface area (Å²) >= 11 is 3.29. The first kappa shape index (κ1) is 21.6. The molecule has 5 nitrogen and oxygen atoms in total. The molecule has 0 spiro atoms. The average molecular weight is 516 g/mol. The van der Waals surface area contributed by atoms with Crippen molar-refractivity contribution in [3.63, 3.8) is 0 Å². The second kappa shape index (κ2) is 10.5. The number of aliphatic imine (C=N–C) groups is 1. The van der Waals surface area contributed by atoms with E-state index in [-0.39, 0.29) is 41.8 Å². The monoisotopic (exact) mass is 515 g/mol. The van der Waals surface area contributed by atoms with E-state index in [1.54, 1.807) is 7.05 Å². The fourth-order valence-electron chi connectivity index (χ4n) is 2.70. The van der Waals surface area contributed by atoms with Gasteiger partial charge >= 0.3 is 0 Å². The predicted molar refractivity (Wildman–Crippen MR) is 107 cm³/mol. The van der Waals surface area contributed by atoms with Crippen LogP contribution in [0.15, 0.2) is 27.7 Å². The Morgan fingerprint density at radius 2 is 2.21 bits per heavy atom. The highest BCUT2D eigenvalue weighted by Crippen LogP contribution is 2.31. The first-order valence-electron chi connectivity index (χ1n) is 7.65. The lowest BCUT2D eigenvalue weighted by molar-refractivity contribution is 0.127. The van der Waals surface area contributed by atoms with Crippen LogP contribution in [0, 0.1) is 11.2 Å². The van der Waals surface area contributed by atoms with Crippen molar-refractivity contribution in [1.82, 2.24) is 10.6 Å². The molecule has 2 rings (SSSR count). The molecule has 1 aliphatic heterocycles. The van der Waals surface area contributed by atoms with Gasteiger partial charge in [0.15, 0.2) is 5.96 Å². The van der Waals surface area contributed by atoms with Crippen molar-refractivity contribution in [3.8, 4) is 0 Å². The Hall–Kier alpha value is -0.450. The van der Waals surface area contributed by atoms with Gasteiger partial charge < -0.3 is 20.5 Å². The van der Waals surface area contributed by atoms with Gasteiger partial charge in [-0.05, 0) is 36.6 Å². The predicted octanol–water partition coefficient (Wildman–Crippen LogP) is 2.66. The van der Waals surface area contributed by atoms with Crippen molar-refractivity contribution < 1.29 is 14.2 Å². The molecule has 24 heavy (non-hydrogen) atoms. The largest absolute Gasteiger partial charge is 0.396 e. The smallest absolute Gasteiger partial charge is 0.191 e. The molecule has 0 aliphatic carbocycles. The van der Waals surface area contributed by atoms with Gasteiger partial charge in [-0.15, -0.1) is 24.0 Å². The topological polar surface area (TPSA) is 65.9 Å². The quantitative estimate of drug-likeness (QED) is 0.309. The van der Waals surface area contributed by atoms with Gasteiger partial charge in [-0.2, -0.15) is 0 Å². The third kappa shape index (κ3) is 6.45. The number of halogens is 3. The van der Waals surface area contributed by atoms with E-state index in [2.05, 4.69) is 31.6 Å². The zero-order valence-corrected chi connectivity index (χ0v) is 17.6. The lowest BCUT2D eigenvalue weighted by Crippen LogP contribution is -2.44. The molecule has 1 aromatic rings. The maximum atomic E-state index is 13.4. The minimum absolute atomic E-state index is 0. The van der Waals surface area contributed by atoms with Crippen LogP contribution in [0.2, 0.25) is 0 Å². The minimum Gasteiger partial charge on any atom is -0.396 e. The summed E-state index contributed by atoms with van der Waals surface area (Å²) in [6.45, 7) is 2.67. The highest BCUT2D eigenvalue weighted by molar-refractivity contribution is 14.0. The summed E-state index contributed by atoms with van der Waals surface area (Å²) in [5.74, 6) is 0.374. The molecule has 8 heteroatoms. The second-order valence-corrected chi connectivity index (χ2v) is 6.75. The van der Waals surface area contributed by atoms with Gasteiger partial charge in [0.05, 0.1) is 6.61 Å². The van der Waals surface area contributed by atoms with Gasteiger partial charge in [0.1, 0.15) is 5.82 Å². The molecular formula is C16H24BrFIN3O2. The van der Waals surface area contributed by atoms with Crippen molar-refractivity contribution in [2.45, 2.75) is 19.4 Å². The molecule has 0 aromatic heterocycles. The van der Waals surface area contributed by atoms with Crippen molar-refractivity contribution >= 4 is 45.9 Å². The van der Waals surface area contributed by atoms with Crippen LogP contribution in [0.3, 0.4) is 0 Å². The van der Waals surface area contributed by atoms with Gasteiger partial charge in [-0.25, -0.2) is 4.39 Å². The number of ether oxygens (including phenoxy) is 1. The Bertz CT molecular complexity index is 534. The van der Waals surface area contributed by atoms with Crippen LogP contribution in [-0.4, -0.2) is 44.5 Å². The van der Waals surface area contributed by atoms with Crippen molar-refractivity contribution in [2.75, 3.05) is 33.4 Å². The van der Waals surface area contributed by atoms with E-state index in [0.717, 1.165) is 18.6 Å². The maximum absolute atomic E-state index is 13.4. The molecule has 1 saturated heterocycles. The third-order valence-corrected chi connectivity index (χ3v) is 4.52. The van der Waals surface area contributed by atoms with Gasteiger partial charge in [-0.1, -0.05) is 15.9 Å². The lowest BCUT2D eigenvalue weighted by atomic mass is 9.84. The number of aliphatic hydroxyl groups is 1. The molecule has 136 valence electrons. The Morgan fingerprint density at radius 3 is 2.79 bits per heavy atom.